The van der Waals surface area contributed by atoms with Crippen molar-refractivity contribution in [1.29, 1.82) is 0 Å². The van der Waals surface area contributed by atoms with Gasteiger partial charge in [0.2, 0.25) is 0 Å². The number of rotatable bonds is 9. The van der Waals surface area contributed by atoms with E-state index in [0.29, 0.717) is 17.8 Å². The van der Waals surface area contributed by atoms with Gasteiger partial charge in [0, 0.05) is 0 Å². The van der Waals surface area contributed by atoms with E-state index in [9.17, 15) is 0 Å². The highest BCUT2D eigenvalue weighted by atomic mass is 14.2. The molecule has 0 nitrogen and oxygen atoms in total. The van der Waals surface area contributed by atoms with Gasteiger partial charge in [-0.15, -0.1) is 0 Å². The minimum atomic E-state index is 0.595. The van der Waals surface area contributed by atoms with Crippen LogP contribution in [0.25, 0.3) is 0 Å². The molecule has 123 valence electrons. The first kappa shape index (κ1) is 19.3. The Morgan fingerprint density at radius 2 is 1.32 bits per heavy atom. The molecule has 0 aliphatic rings. The summed E-state index contributed by atoms with van der Waals surface area (Å²) in [5.74, 6) is 1.80. The lowest BCUT2D eigenvalue weighted by Gasteiger charge is -2.23. The first-order chi connectivity index (χ1) is 10.4. The first-order valence-corrected chi connectivity index (χ1v) is 9.39. The smallest absolute Gasteiger partial charge is 0.0810 e. The van der Waals surface area contributed by atoms with Crippen LogP contribution in [0.3, 0.4) is 0 Å². The van der Waals surface area contributed by atoms with Gasteiger partial charge in [-0.3, -0.25) is 0 Å². The SMILES string of the molecule is CCCCCC[B]c1c(C(C)C)cc(C(C)C)cc1C(C)C. The molecular weight excluding hydrogens is 263 g/mol. The molecule has 0 N–H and O–H groups in total. The van der Waals surface area contributed by atoms with E-state index >= 15 is 0 Å². The predicted octanol–water partition coefficient (Wildman–Crippen LogP) is 6.38. The normalized spacial score (nSPS) is 11.7. The van der Waals surface area contributed by atoms with Crippen molar-refractivity contribution in [3.8, 4) is 0 Å². The highest BCUT2D eigenvalue weighted by molar-refractivity contribution is 6.54. The molecule has 0 aliphatic heterocycles. The zero-order valence-corrected chi connectivity index (χ0v) is 16.0. The summed E-state index contributed by atoms with van der Waals surface area (Å²) in [4.78, 5) is 0. The molecule has 0 fully saturated rings. The lowest BCUT2D eigenvalue weighted by atomic mass is 9.60. The van der Waals surface area contributed by atoms with Gasteiger partial charge in [-0.25, -0.2) is 0 Å². The highest BCUT2D eigenvalue weighted by Crippen LogP contribution is 2.25. The molecule has 0 saturated carbocycles. The van der Waals surface area contributed by atoms with Gasteiger partial charge in [0.05, 0.1) is 0 Å². The zero-order chi connectivity index (χ0) is 16.7. The van der Waals surface area contributed by atoms with Crippen LogP contribution in [0.4, 0.5) is 0 Å². The van der Waals surface area contributed by atoms with Gasteiger partial charge in [-0.05, 0) is 23.3 Å². The van der Waals surface area contributed by atoms with Crippen LogP contribution in [0.2, 0.25) is 6.32 Å². The lowest BCUT2D eigenvalue weighted by molar-refractivity contribution is 0.700. The van der Waals surface area contributed by atoms with E-state index in [1.54, 1.807) is 11.1 Å². The van der Waals surface area contributed by atoms with E-state index < -0.39 is 0 Å². The van der Waals surface area contributed by atoms with E-state index in [1.165, 1.54) is 43.0 Å². The molecule has 1 heteroatoms. The van der Waals surface area contributed by atoms with Gasteiger partial charge >= 0.3 is 0 Å². The number of hydrogen-bond donors (Lipinski definition) is 0. The third kappa shape index (κ3) is 5.49. The van der Waals surface area contributed by atoms with Crippen molar-refractivity contribution in [3.05, 3.63) is 28.8 Å². The third-order valence-electron chi connectivity index (χ3n) is 4.58. The van der Waals surface area contributed by atoms with Crippen molar-refractivity contribution >= 4 is 12.7 Å². The second kappa shape index (κ2) is 9.43. The van der Waals surface area contributed by atoms with Crippen LogP contribution < -0.4 is 5.46 Å². The Kier molecular flexibility index (Phi) is 8.29. The standard InChI is InChI=1S/C21H36B/c1-8-9-10-11-12-22-21-19(16(4)5)13-18(15(2)3)14-20(21)17(6)7/h13-17H,8-12H2,1-7H3. The van der Waals surface area contributed by atoms with Gasteiger partial charge < -0.3 is 0 Å². The summed E-state index contributed by atoms with van der Waals surface area (Å²) >= 11 is 0. The van der Waals surface area contributed by atoms with E-state index in [4.69, 9.17) is 0 Å². The number of hydrogen-bond acceptors (Lipinski definition) is 0. The Morgan fingerprint density at radius 3 is 1.73 bits per heavy atom. The van der Waals surface area contributed by atoms with Crippen LogP contribution >= 0.6 is 0 Å². The van der Waals surface area contributed by atoms with Gasteiger partial charge in [0.15, 0.2) is 7.28 Å². The van der Waals surface area contributed by atoms with E-state index in [2.05, 4.69) is 67.9 Å². The van der Waals surface area contributed by atoms with Crippen LogP contribution in [0.5, 0.6) is 0 Å². The molecule has 1 aromatic carbocycles. The maximum absolute atomic E-state index is 2.52. The molecule has 1 rings (SSSR count). The van der Waals surface area contributed by atoms with Gasteiger partial charge in [-0.1, -0.05) is 109 Å². The van der Waals surface area contributed by atoms with Crippen molar-refractivity contribution in [1.82, 2.24) is 0 Å². The predicted molar refractivity (Wildman–Crippen MR) is 103 cm³/mol. The summed E-state index contributed by atoms with van der Waals surface area (Å²) < 4.78 is 0. The minimum absolute atomic E-state index is 0.595. The maximum atomic E-state index is 2.52. The van der Waals surface area contributed by atoms with Crippen LogP contribution in [0.15, 0.2) is 12.1 Å². The van der Waals surface area contributed by atoms with Crippen molar-refractivity contribution in [2.45, 2.75) is 98.2 Å². The van der Waals surface area contributed by atoms with Crippen LogP contribution in [0, 0.1) is 0 Å². The lowest BCUT2D eigenvalue weighted by Crippen LogP contribution is -2.26. The molecule has 0 amide bonds. The Labute approximate surface area is 140 Å². The Hall–Kier alpha value is -0.715. The second-order valence-electron chi connectivity index (χ2n) is 7.63. The molecule has 1 aromatic rings. The molecule has 0 heterocycles. The fourth-order valence-electron chi connectivity index (χ4n) is 3.06. The van der Waals surface area contributed by atoms with Crippen molar-refractivity contribution < 1.29 is 0 Å². The Morgan fingerprint density at radius 1 is 0.773 bits per heavy atom. The summed E-state index contributed by atoms with van der Waals surface area (Å²) in [6, 6.07) is 4.91. The second-order valence-corrected chi connectivity index (χ2v) is 7.63. The summed E-state index contributed by atoms with van der Waals surface area (Å²) in [7, 11) is 2.52. The fourth-order valence-corrected chi connectivity index (χ4v) is 3.06. The monoisotopic (exact) mass is 299 g/mol. The van der Waals surface area contributed by atoms with Crippen molar-refractivity contribution in [2.75, 3.05) is 0 Å². The van der Waals surface area contributed by atoms with Gasteiger partial charge in [0.1, 0.15) is 0 Å². The molecule has 0 aliphatic carbocycles. The quantitative estimate of drug-likeness (QED) is 0.366. The van der Waals surface area contributed by atoms with Crippen LogP contribution in [-0.2, 0) is 0 Å². The molecule has 0 saturated heterocycles. The summed E-state index contributed by atoms with van der Waals surface area (Å²) in [5.41, 5.74) is 6.12. The number of unbranched alkanes of at least 4 members (excludes halogenated alkanes) is 3. The molecule has 0 atom stereocenters. The van der Waals surface area contributed by atoms with Crippen LogP contribution in [0.1, 0.15) is 109 Å². The average molecular weight is 299 g/mol. The maximum Gasteiger partial charge on any atom is 0.152 e. The van der Waals surface area contributed by atoms with Crippen LogP contribution in [-0.4, -0.2) is 7.28 Å². The molecule has 0 bridgehead atoms. The topological polar surface area (TPSA) is 0 Å². The Bertz CT molecular complexity index is 414. The van der Waals surface area contributed by atoms with E-state index in [0.717, 1.165) is 0 Å². The van der Waals surface area contributed by atoms with Gasteiger partial charge in [-0.2, -0.15) is 0 Å². The first-order valence-electron chi connectivity index (χ1n) is 9.39. The van der Waals surface area contributed by atoms with Gasteiger partial charge in [0.25, 0.3) is 0 Å². The molecule has 22 heavy (non-hydrogen) atoms. The van der Waals surface area contributed by atoms with E-state index in [1.807, 2.05) is 0 Å². The molecule has 1 radical (unpaired) electrons. The zero-order valence-electron chi connectivity index (χ0n) is 16.0. The molecular formula is C21H36B. The largest absolute Gasteiger partial charge is 0.152 e. The third-order valence-corrected chi connectivity index (χ3v) is 4.58. The van der Waals surface area contributed by atoms with Crippen molar-refractivity contribution in [3.63, 3.8) is 0 Å². The average Bonchev–Trinajstić information content (AvgIpc) is 2.45. The highest BCUT2D eigenvalue weighted by Gasteiger charge is 2.16. The van der Waals surface area contributed by atoms with Crippen molar-refractivity contribution in [2.24, 2.45) is 0 Å². The summed E-state index contributed by atoms with van der Waals surface area (Å²) in [6.45, 7) is 16.2. The molecule has 0 spiro atoms. The minimum Gasteiger partial charge on any atom is -0.0810 e. The Balaban J connectivity index is 3.05. The molecule has 0 aromatic heterocycles. The molecule has 0 unspecified atom stereocenters. The fraction of sp³-hybridized carbons (Fsp3) is 0.714. The number of benzene rings is 1. The summed E-state index contributed by atoms with van der Waals surface area (Å²) in [5, 5.41) is 0. The van der Waals surface area contributed by atoms with E-state index in [-0.39, 0.29) is 0 Å². The summed E-state index contributed by atoms with van der Waals surface area (Å²) in [6.07, 6.45) is 6.60.